The van der Waals surface area contributed by atoms with E-state index in [4.69, 9.17) is 0 Å². The first-order valence-electron chi connectivity index (χ1n) is 7.49. The molecule has 3 heteroatoms. The third kappa shape index (κ3) is 3.03. The van der Waals surface area contributed by atoms with E-state index in [-0.39, 0.29) is 0 Å². The van der Waals surface area contributed by atoms with Crippen LogP contribution in [0.5, 0.6) is 0 Å². The zero-order chi connectivity index (χ0) is 14.0. The van der Waals surface area contributed by atoms with Crippen LogP contribution in [0.15, 0.2) is 42.7 Å². The van der Waals surface area contributed by atoms with E-state index >= 15 is 0 Å². The molecule has 0 aliphatic heterocycles. The first-order chi connectivity index (χ1) is 9.62. The lowest BCUT2D eigenvalue weighted by Gasteiger charge is -2.36. The van der Waals surface area contributed by atoms with Crippen LogP contribution in [-0.4, -0.2) is 15.8 Å². The van der Waals surface area contributed by atoms with Gasteiger partial charge in [-0.15, -0.1) is 0 Å². The molecule has 3 nitrogen and oxygen atoms in total. The van der Waals surface area contributed by atoms with Crippen LogP contribution in [0.3, 0.4) is 0 Å². The number of nitrogens with zero attached hydrogens (tertiary/aromatic N) is 2. The van der Waals surface area contributed by atoms with Crippen molar-refractivity contribution >= 4 is 5.69 Å². The van der Waals surface area contributed by atoms with E-state index < -0.39 is 0 Å². The van der Waals surface area contributed by atoms with Gasteiger partial charge in [0.15, 0.2) is 0 Å². The molecule has 0 spiro atoms. The molecule has 106 valence electrons. The zero-order valence-electron chi connectivity index (χ0n) is 12.3. The topological polar surface area (TPSA) is 29.9 Å². The van der Waals surface area contributed by atoms with Gasteiger partial charge in [0.25, 0.3) is 0 Å². The van der Waals surface area contributed by atoms with Crippen LogP contribution in [0.4, 0.5) is 5.69 Å². The number of hydrogen-bond donors (Lipinski definition) is 1. The third-order valence-electron chi connectivity index (χ3n) is 4.19. The minimum absolute atomic E-state index is 0.468. The number of hydrogen-bond acceptors (Lipinski definition) is 2. The highest BCUT2D eigenvalue weighted by atomic mass is 15.3. The van der Waals surface area contributed by atoms with Crippen LogP contribution in [0.25, 0.3) is 5.69 Å². The van der Waals surface area contributed by atoms with Gasteiger partial charge in [0.05, 0.1) is 5.69 Å². The summed E-state index contributed by atoms with van der Waals surface area (Å²) in [6.07, 6.45) is 8.98. The van der Waals surface area contributed by atoms with Gasteiger partial charge in [0.2, 0.25) is 0 Å². The zero-order valence-corrected chi connectivity index (χ0v) is 12.3. The summed E-state index contributed by atoms with van der Waals surface area (Å²) in [5.41, 5.74) is 2.77. The molecule has 1 aromatic carbocycles. The summed E-state index contributed by atoms with van der Waals surface area (Å²) < 4.78 is 1.90. The van der Waals surface area contributed by atoms with Crippen molar-refractivity contribution in [2.75, 3.05) is 5.32 Å². The molecule has 3 rings (SSSR count). The average Bonchev–Trinajstić information content (AvgIpc) is 2.91. The molecule has 1 fully saturated rings. The molecule has 0 radical (unpaired) electrons. The minimum atomic E-state index is 0.468. The highest BCUT2D eigenvalue weighted by Crippen LogP contribution is 2.36. The smallest absolute Gasteiger partial charge is 0.0666 e. The largest absolute Gasteiger partial charge is 0.382 e. The van der Waals surface area contributed by atoms with E-state index in [1.807, 2.05) is 23.1 Å². The van der Waals surface area contributed by atoms with Crippen molar-refractivity contribution in [2.45, 2.75) is 45.6 Å². The molecule has 0 bridgehead atoms. The molecule has 1 aromatic heterocycles. The molecule has 1 aliphatic rings. The average molecular weight is 269 g/mol. The van der Waals surface area contributed by atoms with Crippen LogP contribution in [0.1, 0.15) is 39.5 Å². The lowest BCUT2D eigenvalue weighted by atomic mass is 9.75. The highest BCUT2D eigenvalue weighted by Gasteiger charge is 2.27. The first kappa shape index (κ1) is 13.2. The van der Waals surface area contributed by atoms with Crippen molar-refractivity contribution < 1.29 is 0 Å². The Morgan fingerprint density at radius 1 is 1.30 bits per heavy atom. The fourth-order valence-electron chi connectivity index (χ4n) is 3.22. The maximum Gasteiger partial charge on any atom is 0.0666 e. The number of nitrogens with one attached hydrogen (secondary N) is 1. The van der Waals surface area contributed by atoms with Gasteiger partial charge >= 0.3 is 0 Å². The highest BCUT2D eigenvalue weighted by molar-refractivity contribution is 5.51. The standard InChI is InChI=1S/C17H23N3/c1-17(2)9-4-7-15(13-17)19-14-6-3-8-16(12-14)20-11-5-10-18-20/h3,5-6,8,10-12,15,19H,4,7,9,13H2,1-2H3. The molecule has 1 N–H and O–H groups in total. The predicted molar refractivity (Wildman–Crippen MR) is 83.2 cm³/mol. The Bertz CT molecular complexity index is 557. The van der Waals surface area contributed by atoms with Gasteiger partial charge in [-0.3, -0.25) is 0 Å². The molecule has 1 atom stereocenters. The van der Waals surface area contributed by atoms with Crippen molar-refractivity contribution in [3.8, 4) is 5.69 Å². The van der Waals surface area contributed by atoms with E-state index in [1.165, 1.54) is 31.4 Å². The van der Waals surface area contributed by atoms with Gasteiger partial charge in [0, 0.05) is 24.1 Å². The molecular weight excluding hydrogens is 246 g/mol. The minimum Gasteiger partial charge on any atom is -0.382 e. The van der Waals surface area contributed by atoms with Crippen molar-refractivity contribution in [3.63, 3.8) is 0 Å². The molecule has 0 saturated heterocycles. The molecule has 1 unspecified atom stereocenters. The van der Waals surface area contributed by atoms with Crippen LogP contribution >= 0.6 is 0 Å². The lowest BCUT2D eigenvalue weighted by molar-refractivity contribution is 0.229. The second-order valence-electron chi connectivity index (χ2n) is 6.60. The Kier molecular flexibility index (Phi) is 3.51. The van der Waals surface area contributed by atoms with E-state index in [0.717, 1.165) is 5.69 Å². The van der Waals surface area contributed by atoms with Gasteiger partial charge in [-0.1, -0.05) is 26.3 Å². The second-order valence-corrected chi connectivity index (χ2v) is 6.60. The summed E-state index contributed by atoms with van der Waals surface area (Å²) in [5.74, 6) is 0. The predicted octanol–water partition coefficient (Wildman–Crippen LogP) is 4.25. The monoisotopic (exact) mass is 269 g/mol. The Morgan fingerprint density at radius 3 is 2.95 bits per heavy atom. The van der Waals surface area contributed by atoms with Crippen LogP contribution in [0, 0.1) is 5.41 Å². The number of rotatable bonds is 3. The van der Waals surface area contributed by atoms with Crippen molar-refractivity contribution in [3.05, 3.63) is 42.7 Å². The number of anilines is 1. The number of aromatic nitrogens is 2. The first-order valence-corrected chi connectivity index (χ1v) is 7.49. The number of benzene rings is 1. The molecule has 1 saturated carbocycles. The summed E-state index contributed by atoms with van der Waals surface area (Å²) in [7, 11) is 0. The van der Waals surface area contributed by atoms with Gasteiger partial charge in [-0.2, -0.15) is 5.10 Å². The van der Waals surface area contributed by atoms with Crippen molar-refractivity contribution in [1.82, 2.24) is 9.78 Å². The molecule has 20 heavy (non-hydrogen) atoms. The molecular formula is C17H23N3. The van der Waals surface area contributed by atoms with Gasteiger partial charge < -0.3 is 5.32 Å². The molecule has 2 aromatic rings. The fraction of sp³-hybridized carbons (Fsp3) is 0.471. The molecule has 1 heterocycles. The molecule has 1 aliphatic carbocycles. The maximum absolute atomic E-state index is 4.29. The van der Waals surface area contributed by atoms with E-state index in [1.54, 1.807) is 0 Å². The van der Waals surface area contributed by atoms with Gasteiger partial charge in [-0.05, 0) is 48.9 Å². The van der Waals surface area contributed by atoms with Crippen molar-refractivity contribution in [1.29, 1.82) is 0 Å². The second kappa shape index (κ2) is 5.31. The normalized spacial score (nSPS) is 21.6. The van der Waals surface area contributed by atoms with E-state index in [2.05, 4.69) is 48.5 Å². The summed E-state index contributed by atoms with van der Waals surface area (Å²) >= 11 is 0. The Balaban J connectivity index is 1.73. The molecule has 0 amide bonds. The lowest BCUT2D eigenvalue weighted by Crippen LogP contribution is -2.31. The van der Waals surface area contributed by atoms with Crippen molar-refractivity contribution in [2.24, 2.45) is 5.41 Å². The van der Waals surface area contributed by atoms with E-state index in [0.29, 0.717) is 11.5 Å². The summed E-state index contributed by atoms with van der Waals surface area (Å²) in [6.45, 7) is 4.75. The Hall–Kier alpha value is -1.77. The van der Waals surface area contributed by atoms with Crippen LogP contribution < -0.4 is 5.32 Å². The van der Waals surface area contributed by atoms with Crippen LogP contribution in [-0.2, 0) is 0 Å². The third-order valence-corrected chi connectivity index (χ3v) is 4.19. The van der Waals surface area contributed by atoms with E-state index in [9.17, 15) is 0 Å². The Morgan fingerprint density at radius 2 is 2.20 bits per heavy atom. The Labute approximate surface area is 121 Å². The maximum atomic E-state index is 4.29. The van der Waals surface area contributed by atoms with Gasteiger partial charge in [0.1, 0.15) is 0 Å². The summed E-state index contributed by atoms with van der Waals surface area (Å²) in [6, 6.07) is 11.0. The quantitative estimate of drug-likeness (QED) is 0.902. The summed E-state index contributed by atoms with van der Waals surface area (Å²) in [4.78, 5) is 0. The fourth-order valence-corrected chi connectivity index (χ4v) is 3.22. The van der Waals surface area contributed by atoms with Gasteiger partial charge in [-0.25, -0.2) is 4.68 Å². The SMILES string of the molecule is CC1(C)CCCC(Nc2cccc(-n3cccn3)c2)C1. The summed E-state index contributed by atoms with van der Waals surface area (Å²) in [5, 5.41) is 7.98. The van der Waals surface area contributed by atoms with Crippen LogP contribution in [0.2, 0.25) is 0 Å².